The average Bonchev–Trinajstić information content (AvgIpc) is 2.96. The summed E-state index contributed by atoms with van der Waals surface area (Å²) in [5, 5.41) is 0.458. The van der Waals surface area contributed by atoms with Crippen molar-refractivity contribution in [3.05, 3.63) is 65.2 Å². The maximum absolute atomic E-state index is 12.8. The molecule has 9 heteroatoms. The zero-order chi connectivity index (χ0) is 19.2. The topological polar surface area (TPSA) is 46.3 Å². The lowest BCUT2D eigenvalue weighted by atomic mass is 10.2. The van der Waals surface area contributed by atoms with Gasteiger partial charge in [0.1, 0.15) is 5.82 Å². The van der Waals surface area contributed by atoms with E-state index in [-0.39, 0.29) is 0 Å². The molecule has 0 aliphatic carbocycles. The Bertz CT molecular complexity index is 1050. The number of imidazole rings is 1. The number of halogens is 4. The van der Waals surface area contributed by atoms with Gasteiger partial charge in [-0.1, -0.05) is 11.6 Å². The van der Waals surface area contributed by atoms with Crippen molar-refractivity contribution in [3.63, 3.8) is 0 Å². The summed E-state index contributed by atoms with van der Waals surface area (Å²) in [6, 6.07) is 6.68. The lowest BCUT2D eigenvalue weighted by Gasteiger charge is -2.31. The maximum atomic E-state index is 12.8. The molecule has 1 aliphatic rings. The molecular weight excluding hydrogens is 379 g/mol. The summed E-state index contributed by atoms with van der Waals surface area (Å²) < 4.78 is 40.4. The van der Waals surface area contributed by atoms with Gasteiger partial charge < -0.3 is 4.90 Å². The molecule has 1 atom stereocenters. The standard InChI is InChI=1S/C18H13ClF3N5/c1-11-25-16-15(9-13(19)10-24-16)27(11)17-23-7-2-8-26(17)14-5-3-12(4-6-14)18(20,21)22/h2-10,17H,1H3. The minimum Gasteiger partial charge on any atom is -0.308 e. The maximum Gasteiger partial charge on any atom is 0.416 e. The van der Waals surface area contributed by atoms with Crippen LogP contribution in [0.2, 0.25) is 5.02 Å². The van der Waals surface area contributed by atoms with Gasteiger partial charge in [-0.2, -0.15) is 13.2 Å². The summed E-state index contributed by atoms with van der Waals surface area (Å²) in [5.41, 5.74) is 1.08. The lowest BCUT2D eigenvalue weighted by molar-refractivity contribution is -0.137. The highest BCUT2D eigenvalue weighted by Crippen LogP contribution is 2.34. The van der Waals surface area contributed by atoms with E-state index in [9.17, 15) is 13.2 Å². The number of alkyl halides is 3. The lowest BCUT2D eigenvalue weighted by Crippen LogP contribution is -2.29. The monoisotopic (exact) mass is 391 g/mol. The molecule has 0 amide bonds. The van der Waals surface area contributed by atoms with Crippen LogP contribution in [0.5, 0.6) is 0 Å². The quantitative estimate of drug-likeness (QED) is 0.619. The van der Waals surface area contributed by atoms with E-state index in [0.29, 0.717) is 27.7 Å². The molecule has 0 bridgehead atoms. The second kappa shape index (κ2) is 6.38. The number of anilines is 1. The van der Waals surface area contributed by atoms with Crippen molar-refractivity contribution in [1.82, 2.24) is 14.5 Å². The van der Waals surface area contributed by atoms with Gasteiger partial charge in [-0.05, 0) is 43.3 Å². The number of pyridine rings is 1. The van der Waals surface area contributed by atoms with Crippen LogP contribution < -0.4 is 4.90 Å². The van der Waals surface area contributed by atoms with Gasteiger partial charge in [0.05, 0.1) is 16.1 Å². The van der Waals surface area contributed by atoms with Gasteiger partial charge >= 0.3 is 6.18 Å². The van der Waals surface area contributed by atoms with Crippen LogP contribution in [0.15, 0.2) is 53.8 Å². The van der Waals surface area contributed by atoms with Crippen LogP contribution in [0.4, 0.5) is 18.9 Å². The highest BCUT2D eigenvalue weighted by molar-refractivity contribution is 6.31. The normalized spacial score (nSPS) is 17.1. The van der Waals surface area contributed by atoms with Crippen molar-refractivity contribution in [2.75, 3.05) is 4.90 Å². The Morgan fingerprint density at radius 2 is 1.89 bits per heavy atom. The first-order valence-electron chi connectivity index (χ1n) is 8.00. The summed E-state index contributed by atoms with van der Waals surface area (Å²) >= 11 is 6.08. The van der Waals surface area contributed by atoms with E-state index in [1.54, 1.807) is 29.5 Å². The van der Waals surface area contributed by atoms with Crippen molar-refractivity contribution in [2.24, 2.45) is 4.99 Å². The number of aryl methyl sites for hydroxylation is 1. The molecule has 0 spiro atoms. The molecule has 4 rings (SSSR count). The SMILES string of the molecule is Cc1nc2ncc(Cl)cc2n1C1N=CC=CN1c1ccc(C(F)(F)F)cc1. The van der Waals surface area contributed by atoms with Crippen molar-refractivity contribution in [2.45, 2.75) is 19.4 Å². The highest BCUT2D eigenvalue weighted by Gasteiger charge is 2.31. The molecule has 2 aromatic heterocycles. The third-order valence-corrected chi connectivity index (χ3v) is 4.42. The molecule has 138 valence electrons. The predicted molar refractivity (Wildman–Crippen MR) is 97.9 cm³/mol. The Hall–Kier alpha value is -2.87. The molecule has 0 saturated carbocycles. The van der Waals surface area contributed by atoms with Crippen LogP contribution >= 0.6 is 11.6 Å². The van der Waals surface area contributed by atoms with Gasteiger partial charge in [0.2, 0.25) is 6.29 Å². The fourth-order valence-corrected chi connectivity index (χ4v) is 3.15. The highest BCUT2D eigenvalue weighted by atomic mass is 35.5. The molecule has 1 unspecified atom stereocenters. The van der Waals surface area contributed by atoms with E-state index >= 15 is 0 Å². The Morgan fingerprint density at radius 3 is 2.59 bits per heavy atom. The average molecular weight is 392 g/mol. The van der Waals surface area contributed by atoms with Gasteiger partial charge in [0, 0.05) is 24.3 Å². The molecule has 0 fully saturated rings. The second-order valence-corrected chi connectivity index (χ2v) is 6.40. The zero-order valence-electron chi connectivity index (χ0n) is 14.0. The van der Waals surface area contributed by atoms with Gasteiger partial charge in [-0.15, -0.1) is 0 Å². The summed E-state index contributed by atoms with van der Waals surface area (Å²) in [5.74, 6) is 0.661. The number of benzene rings is 1. The molecule has 1 aromatic carbocycles. The molecule has 3 heterocycles. The van der Waals surface area contributed by atoms with Crippen LogP contribution in [0.25, 0.3) is 11.2 Å². The van der Waals surface area contributed by atoms with Crippen LogP contribution in [0.1, 0.15) is 17.7 Å². The minimum absolute atomic E-state index is 0.458. The molecule has 1 aliphatic heterocycles. The van der Waals surface area contributed by atoms with Crippen molar-refractivity contribution in [1.29, 1.82) is 0 Å². The zero-order valence-corrected chi connectivity index (χ0v) is 14.8. The first kappa shape index (κ1) is 17.5. The number of rotatable bonds is 2. The summed E-state index contributed by atoms with van der Waals surface area (Å²) in [4.78, 5) is 14.9. The number of fused-ring (bicyclic) bond motifs is 1. The molecule has 5 nitrogen and oxygen atoms in total. The Balaban J connectivity index is 1.79. The van der Waals surface area contributed by atoms with E-state index in [0.717, 1.165) is 12.1 Å². The first-order chi connectivity index (χ1) is 12.8. The number of aromatic nitrogens is 3. The first-order valence-corrected chi connectivity index (χ1v) is 8.38. The largest absolute Gasteiger partial charge is 0.416 e. The molecule has 27 heavy (non-hydrogen) atoms. The second-order valence-electron chi connectivity index (χ2n) is 5.96. The van der Waals surface area contributed by atoms with E-state index in [2.05, 4.69) is 15.0 Å². The third-order valence-electron chi connectivity index (χ3n) is 4.21. The van der Waals surface area contributed by atoms with Crippen LogP contribution in [0, 0.1) is 6.92 Å². The fourth-order valence-electron chi connectivity index (χ4n) is 3.00. The van der Waals surface area contributed by atoms with Gasteiger partial charge in [-0.25, -0.2) is 15.0 Å². The van der Waals surface area contributed by atoms with E-state index < -0.39 is 18.0 Å². The molecular formula is C18H13ClF3N5. The molecule has 0 saturated heterocycles. The van der Waals surface area contributed by atoms with E-state index in [1.807, 2.05) is 11.5 Å². The Kier molecular flexibility index (Phi) is 4.15. The van der Waals surface area contributed by atoms with Crippen LogP contribution in [-0.4, -0.2) is 20.7 Å². The van der Waals surface area contributed by atoms with Gasteiger partial charge in [0.25, 0.3) is 0 Å². The minimum atomic E-state index is -4.38. The van der Waals surface area contributed by atoms with Crippen LogP contribution in [0.3, 0.4) is 0 Å². The summed E-state index contributed by atoms with van der Waals surface area (Å²) in [6.07, 6.45) is 1.68. The number of nitrogens with zero attached hydrogens (tertiary/aromatic N) is 5. The van der Waals surface area contributed by atoms with Crippen molar-refractivity contribution >= 4 is 34.7 Å². The smallest absolute Gasteiger partial charge is 0.308 e. The number of allylic oxidation sites excluding steroid dienone is 1. The van der Waals surface area contributed by atoms with Gasteiger partial charge in [0.15, 0.2) is 5.65 Å². The van der Waals surface area contributed by atoms with Crippen molar-refractivity contribution in [3.8, 4) is 0 Å². The third kappa shape index (κ3) is 3.16. The Labute approximate surface area is 157 Å². The molecule has 0 N–H and O–H groups in total. The predicted octanol–water partition coefficient (Wildman–Crippen LogP) is 4.97. The van der Waals surface area contributed by atoms with Crippen LogP contribution in [-0.2, 0) is 6.18 Å². The number of hydrogen-bond acceptors (Lipinski definition) is 4. The number of hydrogen-bond donors (Lipinski definition) is 0. The summed E-state index contributed by atoms with van der Waals surface area (Å²) in [7, 11) is 0. The molecule has 3 aromatic rings. The Morgan fingerprint density at radius 1 is 1.15 bits per heavy atom. The molecule has 0 radical (unpaired) electrons. The van der Waals surface area contributed by atoms with E-state index in [1.165, 1.54) is 18.3 Å². The van der Waals surface area contributed by atoms with Crippen molar-refractivity contribution < 1.29 is 13.2 Å². The number of aliphatic imine (C=N–C) groups is 1. The fraction of sp³-hybridized carbons (Fsp3) is 0.167. The van der Waals surface area contributed by atoms with E-state index in [4.69, 9.17) is 11.6 Å². The summed E-state index contributed by atoms with van der Waals surface area (Å²) in [6.45, 7) is 1.81. The van der Waals surface area contributed by atoms with Gasteiger partial charge in [-0.3, -0.25) is 4.57 Å².